The summed E-state index contributed by atoms with van der Waals surface area (Å²) in [6.45, 7) is 3.99. The molecule has 36 heavy (non-hydrogen) atoms. The molecule has 2 N–H and O–H groups in total. The number of benzene rings is 1. The maximum Gasteiger partial charge on any atom is 0.531 e. The van der Waals surface area contributed by atoms with Crippen LogP contribution in [0.25, 0.3) is 0 Å². The SMILES string of the molecule is CNC(=O)C[C@H]1OB([C@@H](CC(=O)[C@H](Cc2ccccc2)NC(=O)c2cnccn2)CC(C)C)OC1=O. The van der Waals surface area contributed by atoms with Crippen molar-refractivity contribution in [2.45, 2.75) is 57.5 Å². The van der Waals surface area contributed by atoms with E-state index in [2.05, 4.69) is 20.6 Å². The van der Waals surface area contributed by atoms with E-state index in [1.54, 1.807) is 0 Å². The van der Waals surface area contributed by atoms with Gasteiger partial charge in [0.1, 0.15) is 11.8 Å². The molecule has 1 aliphatic heterocycles. The van der Waals surface area contributed by atoms with Gasteiger partial charge in [-0.25, -0.2) is 4.98 Å². The number of rotatable bonds is 12. The van der Waals surface area contributed by atoms with Crippen LogP contribution in [-0.2, 0) is 30.1 Å². The van der Waals surface area contributed by atoms with E-state index in [1.165, 1.54) is 25.6 Å². The van der Waals surface area contributed by atoms with Gasteiger partial charge in [0.2, 0.25) is 5.91 Å². The van der Waals surface area contributed by atoms with Crippen LogP contribution in [0.15, 0.2) is 48.9 Å². The molecule has 1 aliphatic rings. The topological polar surface area (TPSA) is 137 Å². The molecule has 2 heterocycles. The van der Waals surface area contributed by atoms with Crippen LogP contribution >= 0.6 is 0 Å². The van der Waals surface area contributed by atoms with Crippen LogP contribution in [0.4, 0.5) is 0 Å². The molecule has 0 saturated carbocycles. The largest absolute Gasteiger partial charge is 0.531 e. The fourth-order valence-electron chi connectivity index (χ4n) is 4.09. The fourth-order valence-corrected chi connectivity index (χ4v) is 4.09. The lowest BCUT2D eigenvalue weighted by molar-refractivity contribution is -0.138. The van der Waals surface area contributed by atoms with E-state index in [1.807, 2.05) is 44.2 Å². The van der Waals surface area contributed by atoms with Gasteiger partial charge in [0.05, 0.1) is 18.7 Å². The lowest BCUT2D eigenvalue weighted by Gasteiger charge is -2.23. The maximum absolute atomic E-state index is 13.5. The molecule has 190 valence electrons. The van der Waals surface area contributed by atoms with Crippen molar-refractivity contribution in [3.8, 4) is 0 Å². The first-order chi connectivity index (χ1) is 17.3. The smallest absolute Gasteiger partial charge is 0.507 e. The number of amides is 2. The molecule has 11 heteroatoms. The molecule has 1 aromatic carbocycles. The van der Waals surface area contributed by atoms with E-state index in [9.17, 15) is 19.2 Å². The van der Waals surface area contributed by atoms with E-state index < -0.39 is 37.0 Å². The van der Waals surface area contributed by atoms with E-state index in [0.717, 1.165) is 5.56 Å². The zero-order valence-corrected chi connectivity index (χ0v) is 20.7. The second-order valence-electron chi connectivity index (χ2n) is 9.17. The van der Waals surface area contributed by atoms with Crippen LogP contribution in [0.2, 0.25) is 5.82 Å². The van der Waals surface area contributed by atoms with Gasteiger partial charge in [-0.1, -0.05) is 44.2 Å². The zero-order chi connectivity index (χ0) is 26.1. The molecule has 0 unspecified atom stereocenters. The van der Waals surface area contributed by atoms with Crippen LogP contribution in [0.1, 0.15) is 49.2 Å². The first-order valence-corrected chi connectivity index (χ1v) is 12.0. The van der Waals surface area contributed by atoms with Crippen LogP contribution < -0.4 is 10.6 Å². The number of aromatic nitrogens is 2. The minimum absolute atomic E-state index is 0.0149. The van der Waals surface area contributed by atoms with Gasteiger partial charge in [-0.3, -0.25) is 24.2 Å². The molecule has 1 aromatic heterocycles. The van der Waals surface area contributed by atoms with Crippen molar-refractivity contribution < 1.29 is 28.5 Å². The third kappa shape index (κ3) is 7.71. The fraction of sp³-hybridized carbons (Fsp3) is 0.440. The number of nitrogens with zero attached hydrogens (tertiary/aromatic N) is 2. The van der Waals surface area contributed by atoms with E-state index in [0.29, 0.717) is 6.42 Å². The van der Waals surface area contributed by atoms with Gasteiger partial charge in [-0.15, -0.1) is 0 Å². The summed E-state index contributed by atoms with van der Waals surface area (Å²) >= 11 is 0. The van der Waals surface area contributed by atoms with Crippen molar-refractivity contribution in [2.24, 2.45) is 5.92 Å². The number of hydrogen-bond donors (Lipinski definition) is 2. The molecule has 1 saturated heterocycles. The first-order valence-electron chi connectivity index (χ1n) is 12.0. The predicted octanol–water partition coefficient (Wildman–Crippen LogP) is 1.76. The van der Waals surface area contributed by atoms with E-state index in [-0.39, 0.29) is 42.6 Å². The van der Waals surface area contributed by atoms with Crippen LogP contribution in [0, 0.1) is 5.92 Å². The minimum atomic E-state index is -1.02. The normalized spacial score (nSPS) is 16.8. The maximum atomic E-state index is 13.5. The number of ketones is 1. The average Bonchev–Trinajstić information content (AvgIpc) is 3.23. The Bertz CT molecular complexity index is 1050. The van der Waals surface area contributed by atoms with Gasteiger partial charge < -0.3 is 19.9 Å². The van der Waals surface area contributed by atoms with Crippen LogP contribution in [-0.4, -0.2) is 59.8 Å². The molecule has 10 nitrogen and oxygen atoms in total. The molecule has 0 aliphatic carbocycles. The lowest BCUT2D eigenvalue weighted by Crippen LogP contribution is -2.44. The highest BCUT2D eigenvalue weighted by Gasteiger charge is 2.46. The van der Waals surface area contributed by atoms with Crippen molar-refractivity contribution in [3.63, 3.8) is 0 Å². The number of Topliss-reactive ketones (excluding diaryl/α,β-unsaturated/α-hetero) is 1. The van der Waals surface area contributed by atoms with Crippen LogP contribution in [0.5, 0.6) is 0 Å². The summed E-state index contributed by atoms with van der Waals surface area (Å²) in [5.74, 6) is -1.96. The van der Waals surface area contributed by atoms with Gasteiger partial charge in [0.15, 0.2) is 5.78 Å². The molecule has 3 atom stereocenters. The Morgan fingerprint density at radius 3 is 2.53 bits per heavy atom. The van der Waals surface area contributed by atoms with Gasteiger partial charge in [0, 0.05) is 31.7 Å². The van der Waals surface area contributed by atoms with Crippen LogP contribution in [0.3, 0.4) is 0 Å². The quantitative estimate of drug-likeness (QED) is 0.426. The lowest BCUT2D eigenvalue weighted by atomic mass is 9.65. The monoisotopic (exact) mass is 494 g/mol. The number of carbonyl (C=O) groups is 4. The highest BCUT2D eigenvalue weighted by Crippen LogP contribution is 2.32. The standard InChI is InChI=1S/C25H31BN4O6/c1-16(2)11-18(26-35-22(25(34)36-26)14-23(32)27-3)13-21(31)19(12-17-7-5-4-6-8-17)30-24(33)20-15-28-9-10-29-20/h4-10,15-16,18-19,22H,11-14H2,1-3H3,(H,27,32)(H,30,33)/t18-,19+,22-/m1/s1. The molecule has 3 rings (SSSR count). The summed E-state index contributed by atoms with van der Waals surface area (Å²) < 4.78 is 11.2. The molecular weight excluding hydrogens is 463 g/mol. The highest BCUT2D eigenvalue weighted by atomic mass is 16.7. The van der Waals surface area contributed by atoms with Gasteiger partial charge >= 0.3 is 13.1 Å². The van der Waals surface area contributed by atoms with Gasteiger partial charge in [-0.05, 0) is 24.3 Å². The molecular formula is C25H31BN4O6. The Labute approximate surface area is 210 Å². The predicted molar refractivity (Wildman–Crippen MR) is 132 cm³/mol. The summed E-state index contributed by atoms with van der Waals surface area (Å²) in [7, 11) is 0.522. The summed E-state index contributed by atoms with van der Waals surface area (Å²) in [5, 5.41) is 5.25. The Morgan fingerprint density at radius 1 is 1.14 bits per heavy atom. The molecule has 2 aromatic rings. The Kier molecular flexibility index (Phi) is 9.69. The van der Waals surface area contributed by atoms with E-state index >= 15 is 0 Å². The summed E-state index contributed by atoms with van der Waals surface area (Å²) in [6, 6.07) is 8.52. The van der Waals surface area contributed by atoms with Crippen molar-refractivity contribution in [3.05, 3.63) is 60.2 Å². The van der Waals surface area contributed by atoms with Crippen molar-refractivity contribution in [1.82, 2.24) is 20.6 Å². The summed E-state index contributed by atoms with van der Waals surface area (Å²) in [4.78, 5) is 58.3. The molecule has 2 amide bonds. The second kappa shape index (κ2) is 12.9. The number of carbonyl (C=O) groups excluding carboxylic acids is 4. The highest BCUT2D eigenvalue weighted by molar-refractivity contribution is 6.51. The molecule has 0 bridgehead atoms. The third-order valence-electron chi connectivity index (χ3n) is 5.84. The molecule has 0 spiro atoms. The zero-order valence-electron chi connectivity index (χ0n) is 20.7. The van der Waals surface area contributed by atoms with Crippen molar-refractivity contribution in [1.29, 1.82) is 0 Å². The average molecular weight is 494 g/mol. The first kappa shape index (κ1) is 27.0. The van der Waals surface area contributed by atoms with Crippen molar-refractivity contribution in [2.75, 3.05) is 7.05 Å². The second-order valence-corrected chi connectivity index (χ2v) is 9.17. The number of nitrogens with one attached hydrogen (secondary N) is 2. The van der Waals surface area contributed by atoms with Gasteiger partial charge in [0.25, 0.3) is 5.91 Å². The Balaban J connectivity index is 1.76. The Hall–Kier alpha value is -3.60. The molecule has 1 fully saturated rings. The minimum Gasteiger partial charge on any atom is -0.507 e. The summed E-state index contributed by atoms with van der Waals surface area (Å²) in [6.07, 6.45) is 3.87. The number of hydrogen-bond acceptors (Lipinski definition) is 8. The van der Waals surface area contributed by atoms with E-state index in [4.69, 9.17) is 9.31 Å². The molecule has 0 radical (unpaired) electrons. The Morgan fingerprint density at radius 2 is 1.89 bits per heavy atom. The van der Waals surface area contributed by atoms with Crippen molar-refractivity contribution >= 4 is 30.7 Å². The van der Waals surface area contributed by atoms with Gasteiger partial charge in [-0.2, -0.15) is 0 Å². The summed E-state index contributed by atoms with van der Waals surface area (Å²) in [5.41, 5.74) is 0.983. The third-order valence-corrected chi connectivity index (χ3v) is 5.84.